The fraction of sp³-hybridized carbons (Fsp3) is 0.350. The SMILES string of the molecule is CCNc1nc(-c2ccc(NC(C)(C)O)c(S(C)(=O)=O)c2)cc2ncn(C)c(=O)c12. The lowest BCUT2D eigenvalue weighted by molar-refractivity contribution is 0.111. The zero-order chi connectivity index (χ0) is 22.3. The Bertz CT molecular complexity index is 1280. The summed E-state index contributed by atoms with van der Waals surface area (Å²) < 4.78 is 26.1. The average Bonchev–Trinajstić information content (AvgIpc) is 2.63. The Kier molecular flexibility index (Phi) is 5.57. The molecule has 2 heterocycles. The quantitative estimate of drug-likeness (QED) is 0.506. The number of nitrogens with one attached hydrogen (secondary N) is 2. The number of hydrogen-bond donors (Lipinski definition) is 3. The van der Waals surface area contributed by atoms with E-state index >= 15 is 0 Å². The van der Waals surface area contributed by atoms with Gasteiger partial charge in [0.15, 0.2) is 9.84 Å². The van der Waals surface area contributed by atoms with E-state index in [0.29, 0.717) is 34.5 Å². The first-order valence-electron chi connectivity index (χ1n) is 9.36. The second kappa shape index (κ2) is 7.69. The lowest BCUT2D eigenvalue weighted by Crippen LogP contribution is -2.30. The number of pyridine rings is 1. The summed E-state index contributed by atoms with van der Waals surface area (Å²) in [6.07, 6.45) is 2.53. The van der Waals surface area contributed by atoms with Crippen LogP contribution in [0.15, 0.2) is 40.3 Å². The van der Waals surface area contributed by atoms with Crippen molar-refractivity contribution in [3.63, 3.8) is 0 Å². The predicted octanol–water partition coefficient (Wildman–Crippen LogP) is 1.97. The Morgan fingerprint density at radius 3 is 2.53 bits per heavy atom. The highest BCUT2D eigenvalue weighted by Gasteiger charge is 2.21. The third kappa shape index (κ3) is 4.44. The summed E-state index contributed by atoms with van der Waals surface area (Å²) in [6.45, 7) is 5.48. The zero-order valence-electron chi connectivity index (χ0n) is 17.5. The predicted molar refractivity (Wildman–Crippen MR) is 117 cm³/mol. The van der Waals surface area contributed by atoms with E-state index in [1.165, 1.54) is 30.8 Å². The van der Waals surface area contributed by atoms with Crippen LogP contribution in [0.3, 0.4) is 0 Å². The number of rotatable bonds is 6. The molecule has 0 bridgehead atoms. The third-order valence-electron chi connectivity index (χ3n) is 4.36. The molecule has 0 fully saturated rings. The van der Waals surface area contributed by atoms with Crippen LogP contribution >= 0.6 is 0 Å². The second-order valence-corrected chi connectivity index (χ2v) is 9.59. The molecule has 0 radical (unpaired) electrons. The molecule has 0 aliphatic rings. The van der Waals surface area contributed by atoms with Crippen LogP contribution in [0.2, 0.25) is 0 Å². The average molecular weight is 432 g/mol. The maximum absolute atomic E-state index is 12.6. The third-order valence-corrected chi connectivity index (χ3v) is 5.50. The number of anilines is 2. The van der Waals surface area contributed by atoms with Crippen LogP contribution in [0.5, 0.6) is 0 Å². The summed E-state index contributed by atoms with van der Waals surface area (Å²) in [5.41, 5.74) is 0.229. The number of aryl methyl sites for hydroxylation is 1. The van der Waals surface area contributed by atoms with E-state index in [4.69, 9.17) is 0 Å². The van der Waals surface area contributed by atoms with E-state index in [9.17, 15) is 18.3 Å². The molecule has 30 heavy (non-hydrogen) atoms. The van der Waals surface area contributed by atoms with Crippen molar-refractivity contribution >= 4 is 32.2 Å². The Morgan fingerprint density at radius 2 is 1.93 bits per heavy atom. The van der Waals surface area contributed by atoms with E-state index in [1.54, 1.807) is 25.2 Å². The second-order valence-electron chi connectivity index (χ2n) is 7.61. The smallest absolute Gasteiger partial charge is 0.264 e. The minimum absolute atomic E-state index is 0.0333. The normalized spacial score (nSPS) is 12.2. The summed E-state index contributed by atoms with van der Waals surface area (Å²) >= 11 is 0. The number of benzene rings is 1. The first-order chi connectivity index (χ1) is 13.9. The van der Waals surface area contributed by atoms with Gasteiger partial charge in [-0.15, -0.1) is 0 Å². The molecule has 3 rings (SSSR count). The molecule has 0 aliphatic carbocycles. The van der Waals surface area contributed by atoms with Crippen LogP contribution in [0, 0.1) is 0 Å². The van der Waals surface area contributed by atoms with Gasteiger partial charge in [-0.1, -0.05) is 6.07 Å². The highest BCUT2D eigenvalue weighted by molar-refractivity contribution is 7.90. The van der Waals surface area contributed by atoms with E-state index in [1.807, 2.05) is 6.92 Å². The van der Waals surface area contributed by atoms with Crippen molar-refractivity contribution < 1.29 is 13.5 Å². The molecule has 0 unspecified atom stereocenters. The first kappa shape index (κ1) is 21.7. The summed E-state index contributed by atoms with van der Waals surface area (Å²) in [4.78, 5) is 21.5. The molecular formula is C20H25N5O4S. The van der Waals surface area contributed by atoms with Gasteiger partial charge in [0.25, 0.3) is 5.56 Å². The van der Waals surface area contributed by atoms with Gasteiger partial charge in [0.2, 0.25) is 0 Å². The molecule has 2 aromatic heterocycles. The Morgan fingerprint density at radius 1 is 1.23 bits per heavy atom. The maximum Gasteiger partial charge on any atom is 0.264 e. The molecule has 0 spiro atoms. The summed E-state index contributed by atoms with van der Waals surface area (Å²) in [7, 11) is -1.98. The number of aromatic nitrogens is 3. The van der Waals surface area contributed by atoms with Gasteiger partial charge in [0.05, 0.1) is 28.1 Å². The van der Waals surface area contributed by atoms with Gasteiger partial charge in [-0.2, -0.15) is 0 Å². The van der Waals surface area contributed by atoms with Gasteiger partial charge < -0.3 is 20.3 Å². The van der Waals surface area contributed by atoms with Crippen molar-refractivity contribution in [1.82, 2.24) is 14.5 Å². The number of nitrogens with zero attached hydrogens (tertiary/aromatic N) is 3. The highest BCUT2D eigenvalue weighted by Crippen LogP contribution is 2.31. The zero-order valence-corrected chi connectivity index (χ0v) is 18.3. The van der Waals surface area contributed by atoms with E-state index in [-0.39, 0.29) is 16.1 Å². The molecule has 10 heteroatoms. The fourth-order valence-electron chi connectivity index (χ4n) is 3.09. The molecule has 0 saturated heterocycles. The fourth-order valence-corrected chi connectivity index (χ4v) is 3.95. The number of hydrogen-bond acceptors (Lipinski definition) is 8. The van der Waals surface area contributed by atoms with Gasteiger partial charge in [0.1, 0.15) is 16.9 Å². The van der Waals surface area contributed by atoms with Crippen molar-refractivity contribution in [1.29, 1.82) is 0 Å². The first-order valence-corrected chi connectivity index (χ1v) is 11.2. The van der Waals surface area contributed by atoms with Crippen LogP contribution in [0.25, 0.3) is 22.2 Å². The Labute approximate surface area is 174 Å². The van der Waals surface area contributed by atoms with Gasteiger partial charge in [0, 0.05) is 25.4 Å². The largest absolute Gasteiger partial charge is 0.372 e. The van der Waals surface area contributed by atoms with Gasteiger partial charge in [-0.05, 0) is 39.0 Å². The van der Waals surface area contributed by atoms with Gasteiger partial charge in [-0.3, -0.25) is 4.79 Å². The monoisotopic (exact) mass is 431 g/mol. The Balaban J connectivity index is 2.25. The molecule has 9 nitrogen and oxygen atoms in total. The molecule has 160 valence electrons. The topological polar surface area (TPSA) is 126 Å². The summed E-state index contributed by atoms with van der Waals surface area (Å²) in [5.74, 6) is 0.387. The van der Waals surface area contributed by atoms with Crippen LogP contribution < -0.4 is 16.2 Å². The summed E-state index contributed by atoms with van der Waals surface area (Å²) in [5, 5.41) is 16.3. The van der Waals surface area contributed by atoms with Crippen molar-refractivity contribution in [3.05, 3.63) is 40.9 Å². The molecule has 0 saturated carbocycles. The van der Waals surface area contributed by atoms with E-state index < -0.39 is 15.6 Å². The maximum atomic E-state index is 12.6. The molecule has 3 aromatic rings. The van der Waals surface area contributed by atoms with Gasteiger partial charge in [-0.25, -0.2) is 18.4 Å². The highest BCUT2D eigenvalue weighted by atomic mass is 32.2. The van der Waals surface area contributed by atoms with Crippen molar-refractivity contribution in [3.8, 4) is 11.3 Å². The molecule has 1 aromatic carbocycles. The molecule has 0 aliphatic heterocycles. The van der Waals surface area contributed by atoms with Crippen molar-refractivity contribution in [2.75, 3.05) is 23.4 Å². The van der Waals surface area contributed by atoms with Crippen LogP contribution in [-0.2, 0) is 16.9 Å². The van der Waals surface area contributed by atoms with Crippen molar-refractivity contribution in [2.45, 2.75) is 31.4 Å². The van der Waals surface area contributed by atoms with E-state index in [2.05, 4.69) is 20.6 Å². The van der Waals surface area contributed by atoms with E-state index in [0.717, 1.165) is 6.26 Å². The lowest BCUT2D eigenvalue weighted by atomic mass is 10.1. The molecule has 3 N–H and O–H groups in total. The minimum atomic E-state index is -3.60. The van der Waals surface area contributed by atoms with Crippen LogP contribution in [0.1, 0.15) is 20.8 Å². The molecule has 0 atom stereocenters. The summed E-state index contributed by atoms with van der Waals surface area (Å²) in [6, 6.07) is 6.43. The van der Waals surface area contributed by atoms with Crippen molar-refractivity contribution in [2.24, 2.45) is 7.05 Å². The van der Waals surface area contributed by atoms with Crippen LogP contribution in [0.4, 0.5) is 11.5 Å². The number of sulfone groups is 1. The standard InChI is InChI=1S/C20H25N5O4S/c1-6-21-18-17-15(22-11-25(4)19(17)26)10-14(23-18)12-7-8-13(24-20(2,3)27)16(9-12)30(5,28)29/h7-11,24,27H,6H2,1-5H3,(H,21,23). The Hall–Kier alpha value is -2.98. The lowest BCUT2D eigenvalue weighted by Gasteiger charge is -2.23. The number of aliphatic hydroxyl groups is 1. The van der Waals surface area contributed by atoms with Gasteiger partial charge >= 0.3 is 0 Å². The molecular weight excluding hydrogens is 406 g/mol. The minimum Gasteiger partial charge on any atom is -0.372 e. The number of fused-ring (bicyclic) bond motifs is 1. The molecule has 0 amide bonds. The van der Waals surface area contributed by atoms with Crippen LogP contribution in [-0.4, -0.2) is 46.6 Å².